The van der Waals surface area contributed by atoms with Gasteiger partial charge in [0, 0.05) is 13.5 Å². The molecule has 2 atom stereocenters. The van der Waals surface area contributed by atoms with Crippen molar-refractivity contribution in [2.45, 2.75) is 38.7 Å². The molecule has 1 nitrogen and oxygen atoms in total. The highest BCUT2D eigenvalue weighted by Gasteiger charge is 2.25. The minimum absolute atomic E-state index is 0.357. The molecular weight excluding hydrogens is 172 g/mol. The van der Waals surface area contributed by atoms with Gasteiger partial charge in [0.2, 0.25) is 0 Å². The predicted octanol–water partition coefficient (Wildman–Crippen LogP) is 3.44. The van der Waals surface area contributed by atoms with Crippen LogP contribution in [0.5, 0.6) is 0 Å². The van der Waals surface area contributed by atoms with Gasteiger partial charge in [-0.15, -0.1) is 0 Å². The van der Waals surface area contributed by atoms with Gasteiger partial charge in [0.05, 0.1) is 6.10 Å². The van der Waals surface area contributed by atoms with E-state index in [0.29, 0.717) is 12.0 Å². The summed E-state index contributed by atoms with van der Waals surface area (Å²) in [6.07, 6.45) is 2.67. The Bertz CT molecular complexity index is 330. The van der Waals surface area contributed by atoms with Gasteiger partial charge in [0.25, 0.3) is 0 Å². The van der Waals surface area contributed by atoms with Gasteiger partial charge in [0.1, 0.15) is 0 Å². The molecule has 1 aromatic carbocycles. The lowest BCUT2D eigenvalue weighted by Gasteiger charge is -2.30. The van der Waals surface area contributed by atoms with Crippen LogP contribution in [-0.4, -0.2) is 7.11 Å². The first-order valence-electron chi connectivity index (χ1n) is 5.41. The van der Waals surface area contributed by atoms with Crippen molar-refractivity contribution >= 4 is 0 Å². The molecule has 0 aliphatic heterocycles. The summed E-state index contributed by atoms with van der Waals surface area (Å²) < 4.78 is 5.34. The topological polar surface area (TPSA) is 9.23 Å². The lowest BCUT2D eigenvalue weighted by molar-refractivity contribution is 0.0844. The van der Waals surface area contributed by atoms with E-state index in [2.05, 4.69) is 32.0 Å². The fourth-order valence-electron chi connectivity index (χ4n) is 2.05. The maximum Gasteiger partial charge on any atom is 0.0864 e. The Morgan fingerprint density at radius 3 is 2.86 bits per heavy atom. The molecule has 14 heavy (non-hydrogen) atoms. The van der Waals surface area contributed by atoms with E-state index in [1.807, 2.05) is 0 Å². The van der Waals surface area contributed by atoms with Crippen LogP contribution in [0.4, 0.5) is 0 Å². The summed E-state index contributed by atoms with van der Waals surface area (Å²) in [5, 5.41) is 0. The molecule has 2 unspecified atom stereocenters. The third kappa shape index (κ3) is 1.46. The van der Waals surface area contributed by atoms with Gasteiger partial charge >= 0.3 is 0 Å². The van der Waals surface area contributed by atoms with Crippen LogP contribution in [-0.2, 0) is 11.2 Å². The number of fused-ring (bicyclic) bond motifs is 1. The molecule has 1 aliphatic rings. The fraction of sp³-hybridized carbons (Fsp3) is 0.538. The van der Waals surface area contributed by atoms with Crippen LogP contribution in [0.25, 0.3) is 0 Å². The first-order chi connectivity index (χ1) is 6.76. The quantitative estimate of drug-likeness (QED) is 0.709. The van der Waals surface area contributed by atoms with E-state index in [0.717, 1.165) is 6.42 Å². The molecule has 0 radical (unpaired) electrons. The van der Waals surface area contributed by atoms with Gasteiger partial charge in [0.15, 0.2) is 0 Å². The minimum Gasteiger partial charge on any atom is -0.376 e. The highest BCUT2D eigenvalue weighted by molar-refractivity contribution is 5.42. The molecule has 0 saturated heterocycles. The Kier molecular flexibility index (Phi) is 2.60. The van der Waals surface area contributed by atoms with Crippen LogP contribution in [0.1, 0.15) is 49.0 Å². The number of hydrogen-bond donors (Lipinski definition) is 0. The first kappa shape index (κ1) is 9.72. The van der Waals surface area contributed by atoms with E-state index >= 15 is 0 Å². The van der Waals surface area contributed by atoms with Gasteiger partial charge < -0.3 is 4.74 Å². The van der Waals surface area contributed by atoms with Gasteiger partial charge in [-0.3, -0.25) is 0 Å². The standard InChI is InChI=1S/C13H18O/c1-4-9(2)10-5-6-12-11(7-10)8-13(12)14-3/h5-7,9,13H,4,8H2,1-3H3. The molecule has 1 aliphatic carbocycles. The average Bonchev–Trinajstić information content (AvgIpc) is 2.19. The van der Waals surface area contributed by atoms with Crippen molar-refractivity contribution in [2.75, 3.05) is 7.11 Å². The number of hydrogen-bond acceptors (Lipinski definition) is 1. The molecular formula is C13H18O. The normalized spacial score (nSPS) is 21.2. The Balaban J connectivity index is 2.22. The van der Waals surface area contributed by atoms with Crippen molar-refractivity contribution in [2.24, 2.45) is 0 Å². The second-order valence-electron chi connectivity index (χ2n) is 4.20. The largest absolute Gasteiger partial charge is 0.376 e. The summed E-state index contributed by atoms with van der Waals surface area (Å²) in [7, 11) is 1.79. The van der Waals surface area contributed by atoms with Crippen molar-refractivity contribution in [1.82, 2.24) is 0 Å². The zero-order valence-corrected chi connectivity index (χ0v) is 9.21. The Morgan fingerprint density at radius 1 is 1.50 bits per heavy atom. The van der Waals surface area contributed by atoms with E-state index in [9.17, 15) is 0 Å². The van der Waals surface area contributed by atoms with Crippen molar-refractivity contribution in [1.29, 1.82) is 0 Å². The Labute approximate surface area is 86.1 Å². The van der Waals surface area contributed by atoms with E-state index < -0.39 is 0 Å². The fourth-order valence-corrected chi connectivity index (χ4v) is 2.05. The van der Waals surface area contributed by atoms with Crippen LogP contribution in [0, 0.1) is 0 Å². The summed E-state index contributed by atoms with van der Waals surface area (Å²) >= 11 is 0. The molecule has 2 rings (SSSR count). The lowest BCUT2D eigenvalue weighted by atomic mass is 9.82. The Morgan fingerprint density at radius 2 is 2.29 bits per heavy atom. The van der Waals surface area contributed by atoms with Crippen LogP contribution in [0.3, 0.4) is 0 Å². The van der Waals surface area contributed by atoms with Crippen LogP contribution < -0.4 is 0 Å². The highest BCUT2D eigenvalue weighted by Crippen LogP contribution is 2.37. The molecule has 1 heteroatoms. The molecule has 0 aromatic heterocycles. The van der Waals surface area contributed by atoms with E-state index in [-0.39, 0.29) is 0 Å². The summed E-state index contributed by atoms with van der Waals surface area (Å²) in [5.74, 6) is 0.682. The van der Waals surface area contributed by atoms with E-state index in [1.165, 1.54) is 23.1 Å². The third-order valence-corrected chi connectivity index (χ3v) is 3.39. The number of benzene rings is 1. The molecule has 0 saturated carbocycles. The predicted molar refractivity (Wildman–Crippen MR) is 58.6 cm³/mol. The van der Waals surface area contributed by atoms with Gasteiger partial charge in [-0.05, 0) is 29.0 Å². The van der Waals surface area contributed by atoms with Crippen LogP contribution >= 0.6 is 0 Å². The molecule has 76 valence electrons. The van der Waals surface area contributed by atoms with Gasteiger partial charge in [-0.1, -0.05) is 32.0 Å². The molecule has 0 N–H and O–H groups in total. The average molecular weight is 190 g/mol. The van der Waals surface area contributed by atoms with Gasteiger partial charge in [-0.2, -0.15) is 0 Å². The lowest BCUT2D eigenvalue weighted by Crippen LogP contribution is -2.19. The highest BCUT2D eigenvalue weighted by atomic mass is 16.5. The molecule has 0 heterocycles. The molecule has 0 amide bonds. The second kappa shape index (κ2) is 3.74. The third-order valence-electron chi connectivity index (χ3n) is 3.39. The van der Waals surface area contributed by atoms with Crippen molar-refractivity contribution < 1.29 is 4.74 Å². The second-order valence-corrected chi connectivity index (χ2v) is 4.20. The molecule has 0 spiro atoms. The van der Waals surface area contributed by atoms with Crippen LogP contribution in [0.2, 0.25) is 0 Å². The van der Waals surface area contributed by atoms with Crippen molar-refractivity contribution in [3.63, 3.8) is 0 Å². The molecule has 1 aromatic rings. The number of ether oxygens (including phenoxy) is 1. The summed E-state index contributed by atoms with van der Waals surface area (Å²) in [5.41, 5.74) is 4.34. The van der Waals surface area contributed by atoms with Crippen molar-refractivity contribution in [3.8, 4) is 0 Å². The molecule has 0 bridgehead atoms. The zero-order chi connectivity index (χ0) is 10.1. The number of rotatable bonds is 3. The maximum absolute atomic E-state index is 5.34. The summed E-state index contributed by atoms with van der Waals surface area (Å²) in [6.45, 7) is 4.52. The maximum atomic E-state index is 5.34. The minimum atomic E-state index is 0.357. The van der Waals surface area contributed by atoms with Crippen molar-refractivity contribution in [3.05, 3.63) is 34.9 Å². The number of methoxy groups -OCH3 is 1. The SMILES string of the molecule is CCC(C)c1ccc2c(c1)CC2OC. The van der Waals surface area contributed by atoms with Gasteiger partial charge in [-0.25, -0.2) is 0 Å². The zero-order valence-electron chi connectivity index (χ0n) is 9.21. The monoisotopic (exact) mass is 190 g/mol. The van der Waals surface area contributed by atoms with E-state index in [4.69, 9.17) is 4.74 Å². The Hall–Kier alpha value is -0.820. The smallest absolute Gasteiger partial charge is 0.0864 e. The van der Waals surface area contributed by atoms with E-state index in [1.54, 1.807) is 7.11 Å². The summed E-state index contributed by atoms with van der Waals surface area (Å²) in [4.78, 5) is 0. The van der Waals surface area contributed by atoms with Crippen LogP contribution in [0.15, 0.2) is 18.2 Å². The molecule has 0 fully saturated rings. The summed E-state index contributed by atoms with van der Waals surface area (Å²) in [6, 6.07) is 6.83. The first-order valence-corrected chi connectivity index (χ1v) is 5.41.